The van der Waals surface area contributed by atoms with E-state index in [1.54, 1.807) is 12.1 Å². The molecule has 1 heterocycles. The summed E-state index contributed by atoms with van der Waals surface area (Å²) in [6, 6.07) is 5.99. The summed E-state index contributed by atoms with van der Waals surface area (Å²) in [4.78, 5) is 12.6. The van der Waals surface area contributed by atoms with E-state index in [0.29, 0.717) is 5.91 Å². The predicted octanol–water partition coefficient (Wildman–Crippen LogP) is 1.87. The van der Waals surface area contributed by atoms with Crippen LogP contribution in [0.2, 0.25) is 0 Å². The highest BCUT2D eigenvalue weighted by Gasteiger charge is 2.16. The Morgan fingerprint density at radius 3 is 2.16 bits per heavy atom. The molecule has 0 spiro atoms. The van der Waals surface area contributed by atoms with Gasteiger partial charge in [-0.1, -0.05) is 17.7 Å². The normalized spacial score (nSPS) is 15.1. The lowest BCUT2D eigenvalue weighted by atomic mass is 10.2. The van der Waals surface area contributed by atoms with Crippen molar-refractivity contribution in [3.05, 3.63) is 29.8 Å². The maximum absolute atomic E-state index is 10.7. The fourth-order valence-corrected chi connectivity index (χ4v) is 2.23. The molecule has 1 aliphatic rings. The van der Waals surface area contributed by atoms with Gasteiger partial charge in [0.1, 0.15) is 0 Å². The highest BCUT2D eigenvalue weighted by atomic mass is 32.2. The molecular weight excluding hydrogens is 266 g/mol. The molecule has 5 nitrogen and oxygen atoms in total. The summed E-state index contributed by atoms with van der Waals surface area (Å²) in [5.41, 5.74) is 0.956. The Morgan fingerprint density at radius 2 is 1.84 bits per heavy atom. The summed E-state index contributed by atoms with van der Waals surface area (Å²) < 4.78 is 29.6. The average Bonchev–Trinajstić information content (AvgIpc) is 2.75. The first-order chi connectivity index (χ1) is 8.84. The van der Waals surface area contributed by atoms with Crippen LogP contribution in [0.3, 0.4) is 0 Å². The van der Waals surface area contributed by atoms with E-state index >= 15 is 0 Å². The van der Waals surface area contributed by atoms with Gasteiger partial charge in [0.25, 0.3) is 10.1 Å². The molecular formula is C13H19NO4S. The van der Waals surface area contributed by atoms with Crippen molar-refractivity contribution in [2.45, 2.75) is 31.6 Å². The van der Waals surface area contributed by atoms with Crippen LogP contribution in [0.25, 0.3) is 0 Å². The Hall–Kier alpha value is -1.40. The van der Waals surface area contributed by atoms with Crippen molar-refractivity contribution in [2.24, 2.45) is 0 Å². The first-order valence-corrected chi connectivity index (χ1v) is 7.60. The van der Waals surface area contributed by atoms with E-state index in [2.05, 4.69) is 0 Å². The third-order valence-electron chi connectivity index (χ3n) is 2.87. The molecule has 106 valence electrons. The minimum absolute atomic E-state index is 0.0666. The molecule has 1 aromatic carbocycles. The average molecular weight is 285 g/mol. The molecule has 1 amide bonds. The molecule has 0 aliphatic carbocycles. The summed E-state index contributed by atoms with van der Waals surface area (Å²) >= 11 is 0. The van der Waals surface area contributed by atoms with Gasteiger partial charge in [-0.2, -0.15) is 8.42 Å². The van der Waals surface area contributed by atoms with Crippen molar-refractivity contribution in [2.75, 3.05) is 13.1 Å². The molecule has 1 N–H and O–H groups in total. The molecule has 0 unspecified atom stereocenters. The van der Waals surface area contributed by atoms with Crippen molar-refractivity contribution in [1.29, 1.82) is 0 Å². The maximum Gasteiger partial charge on any atom is 0.294 e. The van der Waals surface area contributed by atoms with Crippen molar-refractivity contribution >= 4 is 16.0 Å². The van der Waals surface area contributed by atoms with Crippen molar-refractivity contribution < 1.29 is 17.8 Å². The molecule has 1 saturated heterocycles. The molecule has 0 atom stereocenters. The lowest BCUT2D eigenvalue weighted by molar-refractivity contribution is -0.127. The number of carbonyl (C=O) groups excluding carboxylic acids is 1. The van der Waals surface area contributed by atoms with Crippen LogP contribution in [0.15, 0.2) is 29.2 Å². The molecule has 6 heteroatoms. The lowest BCUT2D eigenvalue weighted by Crippen LogP contribution is -2.23. The van der Waals surface area contributed by atoms with Crippen LogP contribution >= 0.6 is 0 Å². The number of benzene rings is 1. The van der Waals surface area contributed by atoms with Crippen LogP contribution < -0.4 is 0 Å². The van der Waals surface area contributed by atoms with Crippen LogP contribution in [0.5, 0.6) is 0 Å². The predicted molar refractivity (Wildman–Crippen MR) is 72.5 cm³/mol. The fourth-order valence-electron chi connectivity index (χ4n) is 1.75. The van der Waals surface area contributed by atoms with E-state index in [4.69, 9.17) is 4.55 Å². The van der Waals surface area contributed by atoms with Crippen LogP contribution in [0, 0.1) is 6.92 Å². The molecule has 1 fully saturated rings. The Bertz CT molecular complexity index is 522. The monoisotopic (exact) mass is 285 g/mol. The highest BCUT2D eigenvalue weighted by Crippen LogP contribution is 2.08. The Morgan fingerprint density at radius 1 is 1.26 bits per heavy atom. The largest absolute Gasteiger partial charge is 0.343 e. The van der Waals surface area contributed by atoms with E-state index in [0.717, 1.165) is 31.5 Å². The second-order valence-electron chi connectivity index (χ2n) is 4.37. The van der Waals surface area contributed by atoms with Gasteiger partial charge in [-0.25, -0.2) is 0 Å². The lowest BCUT2D eigenvalue weighted by Gasteiger charge is -2.10. The number of amides is 1. The van der Waals surface area contributed by atoms with Crippen molar-refractivity contribution in [1.82, 2.24) is 4.90 Å². The number of hydrogen-bond acceptors (Lipinski definition) is 3. The van der Waals surface area contributed by atoms with Crippen molar-refractivity contribution in [3.8, 4) is 0 Å². The molecule has 0 aromatic heterocycles. The number of carbonyl (C=O) groups is 1. The summed E-state index contributed by atoms with van der Waals surface area (Å²) in [5, 5.41) is 0. The molecule has 19 heavy (non-hydrogen) atoms. The Labute approximate surface area is 114 Å². The van der Waals surface area contributed by atoms with Gasteiger partial charge in [0.05, 0.1) is 4.90 Å². The van der Waals surface area contributed by atoms with E-state index < -0.39 is 10.1 Å². The molecule has 0 radical (unpaired) electrons. The maximum atomic E-state index is 10.7. The third kappa shape index (κ3) is 5.00. The van der Waals surface area contributed by atoms with E-state index in [9.17, 15) is 13.2 Å². The van der Waals surface area contributed by atoms with Crippen LogP contribution in [0.1, 0.15) is 25.3 Å². The summed E-state index contributed by atoms with van der Waals surface area (Å²) in [7, 11) is -4.02. The fraction of sp³-hybridized carbons (Fsp3) is 0.462. The van der Waals surface area contributed by atoms with E-state index in [-0.39, 0.29) is 4.90 Å². The Balaban J connectivity index is 0.000000200. The number of nitrogens with zero attached hydrogens (tertiary/aromatic N) is 1. The second kappa shape index (κ2) is 6.68. The first-order valence-electron chi connectivity index (χ1n) is 6.16. The zero-order chi connectivity index (χ0) is 14.5. The molecule has 0 bridgehead atoms. The zero-order valence-electron chi connectivity index (χ0n) is 11.2. The molecule has 0 saturated carbocycles. The van der Waals surface area contributed by atoms with Gasteiger partial charge in [-0.05, 0) is 32.4 Å². The van der Waals surface area contributed by atoms with Crippen molar-refractivity contribution in [3.63, 3.8) is 0 Å². The van der Waals surface area contributed by atoms with Gasteiger partial charge >= 0.3 is 0 Å². The minimum atomic E-state index is -4.02. The Kier molecular flexibility index (Phi) is 5.50. The van der Waals surface area contributed by atoms with Crippen LogP contribution in [-0.4, -0.2) is 36.9 Å². The first kappa shape index (κ1) is 15.7. The van der Waals surface area contributed by atoms with Gasteiger partial charge in [-0.15, -0.1) is 0 Å². The summed E-state index contributed by atoms with van der Waals surface area (Å²) in [6.45, 7) is 5.73. The summed E-state index contributed by atoms with van der Waals surface area (Å²) in [6.07, 6.45) is 1.83. The number of likely N-dealkylation sites (tertiary alicyclic amines) is 1. The SMILES string of the molecule is CCN1CCCC1=O.Cc1ccc(S(=O)(=O)O)cc1. The van der Waals surface area contributed by atoms with E-state index in [1.165, 1.54) is 12.1 Å². The van der Waals surface area contributed by atoms with Gasteiger partial charge in [-0.3, -0.25) is 9.35 Å². The molecule has 1 aliphatic heterocycles. The minimum Gasteiger partial charge on any atom is -0.343 e. The van der Waals surface area contributed by atoms with Gasteiger partial charge in [0.2, 0.25) is 5.91 Å². The molecule has 1 aromatic rings. The quantitative estimate of drug-likeness (QED) is 0.842. The molecule has 2 rings (SSSR count). The van der Waals surface area contributed by atoms with Gasteiger partial charge < -0.3 is 4.90 Å². The van der Waals surface area contributed by atoms with Crippen LogP contribution in [0.4, 0.5) is 0 Å². The number of aryl methyl sites for hydroxylation is 1. The number of rotatable bonds is 2. The topological polar surface area (TPSA) is 74.7 Å². The van der Waals surface area contributed by atoms with E-state index in [1.807, 2.05) is 18.7 Å². The van der Waals surface area contributed by atoms with Crippen LogP contribution in [-0.2, 0) is 14.9 Å². The second-order valence-corrected chi connectivity index (χ2v) is 5.79. The van der Waals surface area contributed by atoms with Gasteiger partial charge in [0, 0.05) is 19.5 Å². The highest BCUT2D eigenvalue weighted by molar-refractivity contribution is 7.85. The van der Waals surface area contributed by atoms with Gasteiger partial charge in [0.15, 0.2) is 0 Å². The summed E-state index contributed by atoms with van der Waals surface area (Å²) in [5.74, 6) is 0.326. The third-order valence-corrected chi connectivity index (χ3v) is 3.74. The smallest absolute Gasteiger partial charge is 0.294 e. The standard InChI is InChI=1S/C7H8O3S.C6H11NO/c1-6-2-4-7(5-3-6)11(8,9)10;1-2-7-5-3-4-6(7)8/h2-5H,1H3,(H,8,9,10);2-5H2,1H3. The number of hydrogen-bond donors (Lipinski definition) is 1. The zero-order valence-corrected chi connectivity index (χ0v) is 12.0.